The molecule has 187 valence electrons. The lowest BCUT2D eigenvalue weighted by Gasteiger charge is -2.69. The molecule has 0 aromatic rings. The third kappa shape index (κ3) is 4.97. The second kappa shape index (κ2) is 9.00. The molecule has 0 saturated heterocycles. The summed E-state index contributed by atoms with van der Waals surface area (Å²) in [4.78, 5) is 0. The van der Waals surface area contributed by atoms with Crippen LogP contribution in [0.2, 0.25) is 30.2 Å². The lowest BCUT2D eigenvalue weighted by Crippen LogP contribution is -2.83. The van der Waals surface area contributed by atoms with Crippen LogP contribution >= 0.6 is 45.9 Å². The topological polar surface area (TPSA) is 0 Å². The molecule has 0 saturated carbocycles. The highest BCUT2D eigenvalue weighted by Gasteiger charge is 2.78. The first-order chi connectivity index (χ1) is 12.9. The van der Waals surface area contributed by atoms with Gasteiger partial charge in [0.2, 0.25) is 0 Å². The molecule has 0 aliphatic carbocycles. The lowest BCUT2D eigenvalue weighted by atomic mass is 10.2. The molecule has 0 fully saturated rings. The zero-order chi connectivity index (χ0) is 26.1. The predicted octanol–water partition coefficient (Wildman–Crippen LogP) is 11.5. The third-order valence-corrected chi connectivity index (χ3v) is 106. The van der Waals surface area contributed by atoms with Crippen molar-refractivity contribution in [1.29, 1.82) is 0 Å². The Bertz CT molecular complexity index is 559. The Kier molecular flexibility index (Phi) is 9.67. The first kappa shape index (κ1) is 33.3. The summed E-state index contributed by atoms with van der Waals surface area (Å²) in [6.07, 6.45) is 0. The average molecular weight is 695 g/mol. The fraction of sp³-hybridized carbons (Fsp3) is 1.00. The van der Waals surface area contributed by atoms with Crippen molar-refractivity contribution in [2.75, 3.05) is 0 Å². The summed E-state index contributed by atoms with van der Waals surface area (Å²) in [7, 11) is -4.00. The van der Waals surface area contributed by atoms with Crippen molar-refractivity contribution in [3.05, 3.63) is 0 Å². The molecule has 0 atom stereocenters. The summed E-state index contributed by atoms with van der Waals surface area (Å²) in [5, 5.41) is 1.65. The quantitative estimate of drug-likeness (QED) is 0.204. The second-order valence-corrected chi connectivity index (χ2v) is 70.5. The van der Waals surface area contributed by atoms with Crippen molar-refractivity contribution in [2.24, 2.45) is 0 Å². The Morgan fingerprint density at radius 1 is 0.419 bits per heavy atom. The molecular weight excluding hydrogens is 640 g/mol. The van der Waals surface area contributed by atoms with Gasteiger partial charge in [0.15, 0.2) is 4.35 Å². The smallest absolute Gasteiger partial charge is 0.134 e. The van der Waals surface area contributed by atoms with Crippen LogP contribution in [0, 0.1) is 0 Å². The highest BCUT2D eigenvalue weighted by molar-refractivity contribution is 9.59. The number of rotatable bonds is 3. The highest BCUT2D eigenvalue weighted by Crippen LogP contribution is 2.72. The average Bonchev–Trinajstić information content (AvgIpc) is 2.26. The second-order valence-electron chi connectivity index (χ2n) is 15.9. The maximum absolute atomic E-state index is 4.74. The fourth-order valence-electron chi connectivity index (χ4n) is 9.55. The normalized spacial score (nSPS) is 16.8. The van der Waals surface area contributed by atoms with Crippen molar-refractivity contribution in [3.8, 4) is 0 Å². The van der Waals surface area contributed by atoms with Gasteiger partial charge in [-0.3, -0.25) is 0 Å². The molecule has 0 aliphatic heterocycles. The van der Waals surface area contributed by atoms with E-state index in [1.807, 2.05) is 0 Å². The highest BCUT2D eigenvalue weighted by atomic mass is 79.9. The van der Waals surface area contributed by atoms with E-state index in [0.717, 1.165) is 0 Å². The largest absolute Gasteiger partial charge is 0.191 e. The first-order valence-corrected chi connectivity index (χ1v) is 29.1. The maximum Gasteiger partial charge on any atom is 0.191 e. The van der Waals surface area contributed by atoms with Crippen LogP contribution in [0.15, 0.2) is 0 Å². The van der Waals surface area contributed by atoms with Crippen LogP contribution in [0.3, 0.4) is 0 Å². The van der Waals surface area contributed by atoms with Crippen molar-refractivity contribution in [3.63, 3.8) is 0 Å². The van der Waals surface area contributed by atoms with Gasteiger partial charge in [0, 0.05) is 0 Å². The van der Waals surface area contributed by atoms with E-state index >= 15 is 0 Å². The number of hydrogen-bond donors (Lipinski definition) is 0. The van der Waals surface area contributed by atoms with Crippen LogP contribution in [0.5, 0.6) is 0 Å². The van der Waals surface area contributed by atoms with Crippen molar-refractivity contribution in [2.45, 2.75) is 155 Å². The van der Waals surface area contributed by atoms with Crippen molar-refractivity contribution >= 4 is 71.9 Å². The van der Waals surface area contributed by atoms with Gasteiger partial charge in [-0.15, -0.1) is 45.9 Å². The van der Waals surface area contributed by atoms with Gasteiger partial charge in [0.1, 0.15) is 6.45 Å². The van der Waals surface area contributed by atoms with Gasteiger partial charge in [-0.2, -0.15) is 0 Å². The van der Waals surface area contributed by atoms with E-state index in [9.17, 15) is 0 Å². The van der Waals surface area contributed by atoms with Gasteiger partial charge < -0.3 is 0 Å². The van der Waals surface area contributed by atoms with Gasteiger partial charge >= 0.3 is 0 Å². The molecule has 0 spiro atoms. The minimum Gasteiger partial charge on any atom is -0.134 e. The zero-order valence-corrected chi connectivity index (χ0v) is 32.9. The van der Waals surface area contributed by atoms with Crippen LogP contribution < -0.4 is 0 Å². The van der Waals surface area contributed by atoms with E-state index in [4.69, 9.17) is 45.9 Å². The summed E-state index contributed by atoms with van der Waals surface area (Å²) in [5.41, 5.74) is 0. The molecule has 0 aromatic carbocycles. The van der Waals surface area contributed by atoms with Crippen LogP contribution in [0.4, 0.5) is 0 Å². The van der Waals surface area contributed by atoms with Crippen molar-refractivity contribution < 1.29 is 0 Å². The summed E-state index contributed by atoms with van der Waals surface area (Å²) in [6.45, 7) is 45.0. The van der Waals surface area contributed by atoms with E-state index in [0.29, 0.717) is 0 Å². The van der Waals surface area contributed by atoms with Crippen LogP contribution in [-0.2, 0) is 0 Å². The third-order valence-electron chi connectivity index (χ3n) is 7.83. The van der Waals surface area contributed by atoms with Gasteiger partial charge in [-0.1, -0.05) is 125 Å². The number of hydrogen-bond acceptors (Lipinski definition) is 0. The molecule has 0 unspecified atom stereocenters. The SMILES string of the molecule is CC(C)(C)[Si]([Si](Br)[Si](Br)(Br)[Si](C(C)(C)C)(C(C)(C)C)C(C)(C)C)(C(C)(C)C)C(C)(C)C. The van der Waals surface area contributed by atoms with E-state index in [2.05, 4.69) is 125 Å². The molecule has 0 bridgehead atoms. The first-order valence-electron chi connectivity index (χ1n) is 11.8. The summed E-state index contributed by atoms with van der Waals surface area (Å²) < 4.78 is -2.11. The Labute approximate surface area is 225 Å². The van der Waals surface area contributed by atoms with E-state index in [1.54, 1.807) is 0 Å². The minimum absolute atomic E-state index is 0.264. The monoisotopic (exact) mass is 691 g/mol. The molecule has 0 heterocycles. The Balaban J connectivity index is 7.89. The Hall–Kier alpha value is 2.31. The van der Waals surface area contributed by atoms with Gasteiger partial charge in [-0.05, 0) is 30.2 Å². The molecule has 31 heavy (non-hydrogen) atoms. The van der Waals surface area contributed by atoms with E-state index < -0.39 is 26.0 Å². The lowest BCUT2D eigenvalue weighted by molar-refractivity contribution is 0.552. The molecule has 0 amide bonds. The van der Waals surface area contributed by atoms with Crippen LogP contribution in [-0.4, -0.2) is 26.0 Å². The summed E-state index contributed by atoms with van der Waals surface area (Å²) in [6, 6.07) is 0. The fourth-order valence-corrected chi connectivity index (χ4v) is 155. The molecule has 1 radical (unpaired) electrons. The van der Waals surface area contributed by atoms with Gasteiger partial charge in [0.25, 0.3) is 0 Å². The van der Waals surface area contributed by atoms with Crippen molar-refractivity contribution in [1.82, 2.24) is 0 Å². The van der Waals surface area contributed by atoms with E-state index in [1.165, 1.54) is 0 Å². The summed E-state index contributed by atoms with van der Waals surface area (Å²) >= 11 is 14.2. The standard InChI is InChI=1S/C24H54Br3Si4/c1-19(2,3)29(20(4,5)6,21(7,8)9)28(25)31(26,27)30(22(10,11)12,23(13,14)15)24(16,17)18/h1-18H3. The molecule has 0 aliphatic rings. The minimum atomic E-state index is -2.11. The zero-order valence-electron chi connectivity index (χ0n) is 24.1. The Morgan fingerprint density at radius 2 is 0.613 bits per heavy atom. The number of halogens is 3. The Morgan fingerprint density at radius 3 is 0.742 bits per heavy atom. The molecule has 0 N–H and O–H groups in total. The van der Waals surface area contributed by atoms with E-state index in [-0.39, 0.29) is 30.2 Å². The van der Waals surface area contributed by atoms with Crippen LogP contribution in [0.25, 0.3) is 0 Å². The molecule has 7 heteroatoms. The predicted molar refractivity (Wildman–Crippen MR) is 168 cm³/mol. The van der Waals surface area contributed by atoms with Crippen LogP contribution in [0.1, 0.15) is 125 Å². The van der Waals surface area contributed by atoms with Gasteiger partial charge in [0.05, 0.1) is 15.2 Å². The molecular formula is C24H54Br3Si4. The molecule has 0 rings (SSSR count). The molecule has 0 aromatic heterocycles. The summed E-state index contributed by atoms with van der Waals surface area (Å²) in [5.74, 6) is 0. The molecule has 0 nitrogen and oxygen atoms in total. The maximum atomic E-state index is 4.74. The van der Waals surface area contributed by atoms with Gasteiger partial charge in [-0.25, -0.2) is 0 Å².